The molecule has 1 amide bonds. The molecule has 5 rings (SSSR count). The van der Waals surface area contributed by atoms with Gasteiger partial charge in [-0.15, -0.1) is 0 Å². The molecule has 1 saturated heterocycles. The summed E-state index contributed by atoms with van der Waals surface area (Å²) in [5.74, 6) is 0.934. The highest BCUT2D eigenvalue weighted by Gasteiger charge is 2.40. The number of anilines is 2. The highest BCUT2D eigenvalue weighted by atomic mass is 32.1. The Labute approximate surface area is 224 Å². The smallest absolute Gasteiger partial charge is 0.263 e. The Morgan fingerprint density at radius 1 is 1.05 bits per heavy atom. The molecule has 3 heterocycles. The first-order chi connectivity index (χ1) is 17.8. The fraction of sp³-hybridized carbons (Fsp3) is 0.467. The lowest BCUT2D eigenvalue weighted by Gasteiger charge is -2.41. The minimum Gasteiger partial charge on any atom is -0.485 e. The van der Waals surface area contributed by atoms with Crippen molar-refractivity contribution in [2.45, 2.75) is 64.5 Å². The van der Waals surface area contributed by atoms with Gasteiger partial charge in [0.2, 0.25) is 0 Å². The van der Waals surface area contributed by atoms with Gasteiger partial charge in [-0.1, -0.05) is 68.5 Å². The van der Waals surface area contributed by atoms with Gasteiger partial charge in [0.15, 0.2) is 5.13 Å². The molecular weight excluding hydrogens is 480 g/mol. The van der Waals surface area contributed by atoms with E-state index < -0.39 is 0 Å². The van der Waals surface area contributed by atoms with E-state index in [2.05, 4.69) is 89.4 Å². The number of aromatic nitrogens is 1. The van der Waals surface area contributed by atoms with Gasteiger partial charge in [-0.2, -0.15) is 0 Å². The van der Waals surface area contributed by atoms with Crippen LogP contribution < -0.4 is 19.9 Å². The first-order valence-electron chi connectivity index (χ1n) is 13.4. The lowest BCUT2D eigenvalue weighted by atomic mass is 9.86. The maximum absolute atomic E-state index is 12.2. The van der Waals surface area contributed by atoms with Crippen molar-refractivity contribution in [1.29, 1.82) is 0 Å². The average Bonchev–Trinajstić information content (AvgIpc) is 3.33. The topological polar surface area (TPSA) is 57.7 Å². The van der Waals surface area contributed by atoms with Crippen molar-refractivity contribution < 1.29 is 9.53 Å². The molecular formula is C30H38N4O2S. The zero-order chi connectivity index (χ0) is 26.0. The van der Waals surface area contributed by atoms with E-state index in [0.717, 1.165) is 56.3 Å². The Morgan fingerprint density at radius 2 is 1.76 bits per heavy atom. The van der Waals surface area contributed by atoms with Gasteiger partial charge in [0, 0.05) is 52.0 Å². The van der Waals surface area contributed by atoms with Crippen LogP contribution in [0.15, 0.2) is 54.7 Å². The number of carbonyl (C=O) groups is 1. The van der Waals surface area contributed by atoms with E-state index in [-0.39, 0.29) is 16.9 Å². The molecule has 1 aromatic heterocycles. The summed E-state index contributed by atoms with van der Waals surface area (Å²) in [5.41, 5.74) is 3.83. The Bertz CT molecular complexity index is 1220. The number of piperidine rings is 1. The average molecular weight is 519 g/mol. The highest BCUT2D eigenvalue weighted by Crippen LogP contribution is 2.42. The Morgan fingerprint density at radius 3 is 2.46 bits per heavy atom. The largest absolute Gasteiger partial charge is 0.485 e. The van der Waals surface area contributed by atoms with E-state index >= 15 is 0 Å². The predicted molar refractivity (Wildman–Crippen MR) is 152 cm³/mol. The third kappa shape index (κ3) is 5.61. The van der Waals surface area contributed by atoms with Gasteiger partial charge in [-0.3, -0.25) is 4.79 Å². The number of hydrogen-bond acceptors (Lipinski definition) is 6. The van der Waals surface area contributed by atoms with Crippen LogP contribution in [0, 0.1) is 0 Å². The summed E-state index contributed by atoms with van der Waals surface area (Å²) in [4.78, 5) is 22.2. The van der Waals surface area contributed by atoms with E-state index in [1.54, 1.807) is 6.20 Å². The van der Waals surface area contributed by atoms with E-state index in [4.69, 9.17) is 4.74 Å². The summed E-state index contributed by atoms with van der Waals surface area (Å²) in [6.45, 7) is 12.9. The van der Waals surface area contributed by atoms with Gasteiger partial charge in [0.25, 0.3) is 5.91 Å². The minimum absolute atomic E-state index is 0.0448. The van der Waals surface area contributed by atoms with Crippen molar-refractivity contribution in [3.63, 3.8) is 0 Å². The van der Waals surface area contributed by atoms with Gasteiger partial charge in [0.1, 0.15) is 16.2 Å². The van der Waals surface area contributed by atoms with Crippen LogP contribution in [0.3, 0.4) is 0 Å². The molecule has 2 aromatic carbocycles. The number of ether oxygens (including phenoxy) is 1. The third-order valence-corrected chi connectivity index (χ3v) is 8.62. The molecule has 2 aliphatic heterocycles. The van der Waals surface area contributed by atoms with Crippen molar-refractivity contribution >= 4 is 28.1 Å². The number of fused-ring (bicyclic) bond motifs is 1. The maximum Gasteiger partial charge on any atom is 0.263 e. The molecule has 37 heavy (non-hydrogen) atoms. The quantitative estimate of drug-likeness (QED) is 0.448. The van der Waals surface area contributed by atoms with Crippen molar-refractivity contribution in [1.82, 2.24) is 10.3 Å². The number of carbonyl (C=O) groups excluding carboxylic acids is 1. The molecule has 1 fully saturated rings. The van der Waals surface area contributed by atoms with Crippen molar-refractivity contribution in [2.24, 2.45) is 0 Å². The van der Waals surface area contributed by atoms with Gasteiger partial charge in [-0.25, -0.2) is 4.98 Å². The van der Waals surface area contributed by atoms with E-state index in [9.17, 15) is 4.79 Å². The normalized spacial score (nSPS) is 17.2. The summed E-state index contributed by atoms with van der Waals surface area (Å²) in [7, 11) is 0. The molecule has 0 atom stereocenters. The summed E-state index contributed by atoms with van der Waals surface area (Å²) in [5, 5.41) is 3.78. The maximum atomic E-state index is 12.2. The number of nitrogens with one attached hydrogen (secondary N) is 1. The molecule has 0 aliphatic carbocycles. The van der Waals surface area contributed by atoms with Crippen LogP contribution in [0.5, 0.6) is 5.75 Å². The van der Waals surface area contributed by atoms with Crippen molar-refractivity contribution in [3.8, 4) is 5.75 Å². The van der Waals surface area contributed by atoms with Gasteiger partial charge < -0.3 is 19.9 Å². The van der Waals surface area contributed by atoms with Crippen LogP contribution in [0.2, 0.25) is 0 Å². The van der Waals surface area contributed by atoms with Crippen LogP contribution in [0.4, 0.5) is 10.8 Å². The molecule has 0 bridgehead atoms. The predicted octanol–water partition coefficient (Wildman–Crippen LogP) is 6.02. The summed E-state index contributed by atoms with van der Waals surface area (Å²) in [6.07, 6.45) is 4.55. The van der Waals surface area contributed by atoms with Crippen LogP contribution in [0.1, 0.15) is 67.8 Å². The van der Waals surface area contributed by atoms with Gasteiger partial charge in [0.05, 0.1) is 11.9 Å². The van der Waals surface area contributed by atoms with Gasteiger partial charge >= 0.3 is 0 Å². The Hall–Kier alpha value is -3.06. The molecule has 3 aromatic rings. The SMILES string of the molecule is CCNC(=O)c1cnc(N2CCC3(CC2)CCN(Cc2ccc(C(C)(C)C)cc2)c2ccccc2O3)s1. The molecule has 0 unspecified atom stereocenters. The lowest BCUT2D eigenvalue weighted by molar-refractivity contribution is 0.0411. The highest BCUT2D eigenvalue weighted by molar-refractivity contribution is 7.17. The second-order valence-electron chi connectivity index (χ2n) is 11.2. The van der Waals surface area contributed by atoms with Crippen molar-refractivity contribution in [3.05, 3.63) is 70.7 Å². The summed E-state index contributed by atoms with van der Waals surface area (Å²) >= 11 is 1.47. The van der Waals surface area contributed by atoms with E-state index in [1.807, 2.05) is 6.92 Å². The zero-order valence-electron chi connectivity index (χ0n) is 22.4. The fourth-order valence-corrected chi connectivity index (χ4v) is 6.15. The Balaban J connectivity index is 1.28. The molecule has 1 N–H and O–H groups in total. The summed E-state index contributed by atoms with van der Waals surface area (Å²) in [6, 6.07) is 17.5. The summed E-state index contributed by atoms with van der Waals surface area (Å²) < 4.78 is 6.83. The second-order valence-corrected chi connectivity index (χ2v) is 12.2. The minimum atomic E-state index is -0.183. The molecule has 0 saturated carbocycles. The number of rotatable bonds is 5. The first kappa shape index (κ1) is 25.6. The number of amides is 1. The number of para-hydroxylation sites is 2. The Kier molecular flexibility index (Phi) is 7.17. The molecule has 1 spiro atoms. The van der Waals surface area contributed by atoms with Crippen LogP contribution in [-0.4, -0.2) is 42.7 Å². The molecule has 196 valence electrons. The van der Waals surface area contributed by atoms with Crippen molar-refractivity contribution in [2.75, 3.05) is 36.0 Å². The fourth-order valence-electron chi connectivity index (χ4n) is 5.26. The zero-order valence-corrected chi connectivity index (χ0v) is 23.2. The monoisotopic (exact) mass is 518 g/mol. The number of nitrogens with zero attached hydrogens (tertiary/aromatic N) is 3. The number of benzene rings is 2. The molecule has 0 radical (unpaired) electrons. The molecule has 2 aliphatic rings. The van der Waals surface area contributed by atoms with Crippen LogP contribution in [0.25, 0.3) is 0 Å². The van der Waals surface area contributed by atoms with Gasteiger partial charge in [-0.05, 0) is 35.6 Å². The first-order valence-corrected chi connectivity index (χ1v) is 14.2. The number of thiazole rings is 1. The lowest BCUT2D eigenvalue weighted by Crippen LogP contribution is -2.48. The molecule has 7 heteroatoms. The van der Waals surface area contributed by atoms with Crippen LogP contribution >= 0.6 is 11.3 Å². The second kappa shape index (κ2) is 10.4. The van der Waals surface area contributed by atoms with E-state index in [1.165, 1.54) is 28.2 Å². The molecule has 6 nitrogen and oxygen atoms in total. The number of hydrogen-bond donors (Lipinski definition) is 1. The third-order valence-electron chi connectivity index (χ3n) is 7.56. The standard InChI is InChI=1S/C30H38N4O2S/c1-5-31-27(35)26-20-32-28(37-26)33-17-14-30(15-18-33)16-19-34(24-8-6-7-9-25(24)36-30)21-22-10-12-23(13-11-22)29(2,3)4/h6-13,20H,5,14-19,21H2,1-4H3,(H,31,35). The van der Waals surface area contributed by atoms with E-state index in [0.29, 0.717) is 11.4 Å². The van der Waals surface area contributed by atoms with Crippen LogP contribution in [-0.2, 0) is 12.0 Å².